The number of nitrogens with one attached hydrogen (secondary N) is 2. The number of para-hydroxylation sites is 1. The number of carbonyl (C=O) groups excluding carboxylic acids is 1. The van der Waals surface area contributed by atoms with E-state index in [2.05, 4.69) is 16.7 Å². The van der Waals surface area contributed by atoms with E-state index in [1.54, 1.807) is 0 Å². The Hall–Kier alpha value is -2.17. The van der Waals surface area contributed by atoms with Crippen molar-refractivity contribution in [2.75, 3.05) is 11.9 Å². The van der Waals surface area contributed by atoms with Crippen LogP contribution >= 0.6 is 0 Å². The summed E-state index contributed by atoms with van der Waals surface area (Å²) in [6, 6.07) is 15.8. The molecular formula is C21H26N2O2. The van der Waals surface area contributed by atoms with Gasteiger partial charge in [-0.2, -0.15) is 0 Å². The van der Waals surface area contributed by atoms with E-state index in [1.165, 1.54) is 5.56 Å². The van der Waals surface area contributed by atoms with Gasteiger partial charge in [0, 0.05) is 24.7 Å². The van der Waals surface area contributed by atoms with E-state index in [1.807, 2.05) is 56.3 Å². The molecule has 0 heterocycles. The van der Waals surface area contributed by atoms with Crippen LogP contribution in [0.25, 0.3) is 0 Å². The van der Waals surface area contributed by atoms with Gasteiger partial charge in [0.25, 0.3) is 0 Å². The smallest absolute Gasteiger partial charge is 0.225 e. The summed E-state index contributed by atoms with van der Waals surface area (Å²) in [6.45, 7) is 4.41. The van der Waals surface area contributed by atoms with Crippen LogP contribution < -0.4 is 10.6 Å². The van der Waals surface area contributed by atoms with E-state index in [-0.39, 0.29) is 11.9 Å². The highest BCUT2D eigenvalue weighted by atomic mass is 16.3. The van der Waals surface area contributed by atoms with Gasteiger partial charge in [-0.15, -0.1) is 0 Å². The van der Waals surface area contributed by atoms with Crippen LogP contribution in [0.1, 0.15) is 36.5 Å². The topological polar surface area (TPSA) is 61.4 Å². The van der Waals surface area contributed by atoms with Crippen LogP contribution in [0, 0.1) is 6.92 Å². The fourth-order valence-electron chi connectivity index (χ4n) is 3.46. The van der Waals surface area contributed by atoms with Gasteiger partial charge in [0.2, 0.25) is 5.91 Å². The highest BCUT2D eigenvalue weighted by Crippen LogP contribution is 2.36. The molecule has 0 saturated carbocycles. The lowest BCUT2D eigenvalue weighted by atomic mass is 9.95. The Labute approximate surface area is 149 Å². The second kappa shape index (κ2) is 7.38. The van der Waals surface area contributed by atoms with E-state index in [0.717, 1.165) is 29.7 Å². The van der Waals surface area contributed by atoms with Crippen LogP contribution in [0.15, 0.2) is 48.5 Å². The van der Waals surface area contributed by atoms with Gasteiger partial charge in [-0.05, 0) is 49.4 Å². The number of anilines is 1. The van der Waals surface area contributed by atoms with Crippen molar-refractivity contribution in [3.05, 3.63) is 65.2 Å². The Kier molecular flexibility index (Phi) is 5.21. The van der Waals surface area contributed by atoms with Crippen LogP contribution in [-0.2, 0) is 16.8 Å². The van der Waals surface area contributed by atoms with Gasteiger partial charge in [0.15, 0.2) is 0 Å². The lowest BCUT2D eigenvalue weighted by molar-refractivity contribution is -0.116. The lowest BCUT2D eigenvalue weighted by Gasteiger charge is -2.26. The number of hydrogen-bond acceptors (Lipinski definition) is 3. The molecule has 1 amide bonds. The summed E-state index contributed by atoms with van der Waals surface area (Å²) in [4.78, 5) is 12.2. The molecule has 2 unspecified atom stereocenters. The predicted octanol–water partition coefficient (Wildman–Crippen LogP) is 3.14. The van der Waals surface area contributed by atoms with E-state index < -0.39 is 5.60 Å². The Morgan fingerprint density at radius 1 is 1.20 bits per heavy atom. The number of benzene rings is 2. The first-order chi connectivity index (χ1) is 12.0. The van der Waals surface area contributed by atoms with Crippen molar-refractivity contribution in [3.63, 3.8) is 0 Å². The second-order valence-corrected chi connectivity index (χ2v) is 7.04. The largest absolute Gasteiger partial charge is 0.384 e. The normalized spacial score (nSPS) is 20.1. The average Bonchev–Trinajstić information content (AvgIpc) is 2.93. The molecule has 2 aromatic carbocycles. The van der Waals surface area contributed by atoms with Gasteiger partial charge in [-0.25, -0.2) is 0 Å². The minimum atomic E-state index is -0.836. The van der Waals surface area contributed by atoms with Gasteiger partial charge in [-0.3, -0.25) is 4.79 Å². The molecule has 3 rings (SSSR count). The molecule has 25 heavy (non-hydrogen) atoms. The summed E-state index contributed by atoms with van der Waals surface area (Å²) < 4.78 is 0. The van der Waals surface area contributed by atoms with E-state index in [0.29, 0.717) is 13.0 Å². The average molecular weight is 338 g/mol. The Morgan fingerprint density at radius 2 is 1.92 bits per heavy atom. The first kappa shape index (κ1) is 17.6. The number of amides is 1. The monoisotopic (exact) mass is 338 g/mol. The molecule has 1 aliphatic carbocycles. The molecule has 2 atom stereocenters. The maximum absolute atomic E-state index is 12.2. The Balaban J connectivity index is 1.52. The highest BCUT2D eigenvalue weighted by Gasteiger charge is 2.36. The van der Waals surface area contributed by atoms with Gasteiger partial charge in [0.1, 0.15) is 5.60 Å². The molecule has 0 radical (unpaired) electrons. The summed E-state index contributed by atoms with van der Waals surface area (Å²) in [5.41, 5.74) is 3.30. The first-order valence-electron chi connectivity index (χ1n) is 8.87. The second-order valence-electron chi connectivity index (χ2n) is 7.04. The summed E-state index contributed by atoms with van der Waals surface area (Å²) >= 11 is 0. The van der Waals surface area contributed by atoms with Gasteiger partial charge in [-0.1, -0.05) is 42.5 Å². The molecule has 3 N–H and O–H groups in total. The third-order valence-corrected chi connectivity index (χ3v) is 4.98. The van der Waals surface area contributed by atoms with E-state index >= 15 is 0 Å². The van der Waals surface area contributed by atoms with Crippen molar-refractivity contribution in [1.82, 2.24) is 5.32 Å². The van der Waals surface area contributed by atoms with E-state index in [4.69, 9.17) is 0 Å². The first-order valence-corrected chi connectivity index (χ1v) is 8.87. The standard InChI is InChI=1S/C21H26N2O2/c1-15-7-3-6-10-19(15)23-20(24)13-16(2)22-14-21(25)12-11-17-8-4-5-9-18(17)21/h3-10,16,22,25H,11-14H2,1-2H3,(H,23,24). The molecule has 0 saturated heterocycles. The third kappa shape index (κ3) is 4.09. The van der Waals surface area contributed by atoms with Crippen molar-refractivity contribution in [2.45, 2.75) is 44.8 Å². The predicted molar refractivity (Wildman–Crippen MR) is 101 cm³/mol. The van der Waals surface area contributed by atoms with E-state index in [9.17, 15) is 9.90 Å². The molecular weight excluding hydrogens is 312 g/mol. The molecule has 132 valence electrons. The summed E-state index contributed by atoms with van der Waals surface area (Å²) in [6.07, 6.45) is 1.99. The zero-order valence-electron chi connectivity index (χ0n) is 14.9. The van der Waals surface area contributed by atoms with Crippen LogP contribution in [-0.4, -0.2) is 23.6 Å². The zero-order chi connectivity index (χ0) is 17.9. The number of hydrogen-bond donors (Lipinski definition) is 3. The van der Waals surface area contributed by atoms with Crippen molar-refractivity contribution in [2.24, 2.45) is 0 Å². The fraction of sp³-hybridized carbons (Fsp3) is 0.381. The Morgan fingerprint density at radius 3 is 2.72 bits per heavy atom. The Bertz CT molecular complexity index is 759. The van der Waals surface area contributed by atoms with Crippen molar-refractivity contribution in [1.29, 1.82) is 0 Å². The number of carbonyl (C=O) groups is 1. The van der Waals surface area contributed by atoms with Crippen LogP contribution in [0.2, 0.25) is 0 Å². The SMILES string of the molecule is Cc1ccccc1NC(=O)CC(C)NCC1(O)CCc2ccccc21. The molecule has 0 aliphatic heterocycles. The number of aliphatic hydroxyl groups is 1. The van der Waals surface area contributed by atoms with Crippen molar-refractivity contribution < 1.29 is 9.90 Å². The number of fused-ring (bicyclic) bond motifs is 1. The summed E-state index contributed by atoms with van der Waals surface area (Å²) in [5, 5.41) is 17.2. The molecule has 1 aliphatic rings. The maximum atomic E-state index is 12.2. The van der Waals surface area contributed by atoms with Gasteiger partial charge >= 0.3 is 0 Å². The summed E-state index contributed by atoms with van der Waals surface area (Å²) in [7, 11) is 0. The molecule has 4 heteroatoms. The highest BCUT2D eigenvalue weighted by molar-refractivity contribution is 5.91. The summed E-state index contributed by atoms with van der Waals surface area (Å²) in [5.74, 6) is -0.0203. The molecule has 0 fully saturated rings. The van der Waals surface area contributed by atoms with Crippen LogP contribution in [0.3, 0.4) is 0 Å². The number of aryl methyl sites for hydroxylation is 2. The minimum Gasteiger partial charge on any atom is -0.384 e. The molecule has 4 nitrogen and oxygen atoms in total. The number of rotatable bonds is 6. The van der Waals surface area contributed by atoms with Gasteiger partial charge in [0.05, 0.1) is 0 Å². The fourth-order valence-corrected chi connectivity index (χ4v) is 3.46. The lowest BCUT2D eigenvalue weighted by Crippen LogP contribution is -2.41. The van der Waals surface area contributed by atoms with Crippen molar-refractivity contribution in [3.8, 4) is 0 Å². The van der Waals surface area contributed by atoms with Crippen LogP contribution in [0.5, 0.6) is 0 Å². The molecule has 0 aromatic heterocycles. The zero-order valence-corrected chi connectivity index (χ0v) is 14.9. The quantitative estimate of drug-likeness (QED) is 0.758. The third-order valence-electron chi connectivity index (χ3n) is 4.98. The van der Waals surface area contributed by atoms with Crippen LogP contribution in [0.4, 0.5) is 5.69 Å². The maximum Gasteiger partial charge on any atom is 0.225 e. The molecule has 0 spiro atoms. The van der Waals surface area contributed by atoms with Gasteiger partial charge < -0.3 is 15.7 Å². The molecule has 0 bridgehead atoms. The van der Waals surface area contributed by atoms with Crippen molar-refractivity contribution >= 4 is 11.6 Å². The molecule has 2 aromatic rings. The minimum absolute atomic E-state index is 0.0131.